The van der Waals surface area contributed by atoms with E-state index in [1.54, 1.807) is 0 Å². The summed E-state index contributed by atoms with van der Waals surface area (Å²) in [5.74, 6) is 0. The highest BCUT2D eigenvalue weighted by atomic mass is 32.1. The fourth-order valence-corrected chi connectivity index (χ4v) is 2.36. The van der Waals surface area contributed by atoms with Crippen LogP contribution < -0.4 is 0 Å². The summed E-state index contributed by atoms with van der Waals surface area (Å²) in [4.78, 5) is 2.62. The van der Waals surface area contributed by atoms with Crippen molar-refractivity contribution in [2.45, 2.75) is 20.8 Å². The molecule has 0 aromatic carbocycles. The smallest absolute Gasteiger partial charge is 0.0345 e. The highest BCUT2D eigenvalue weighted by molar-refractivity contribution is 7.14. The number of rotatable bonds is 3. The van der Waals surface area contributed by atoms with Gasteiger partial charge in [0.15, 0.2) is 0 Å². The number of allylic oxidation sites excluding steroid dienone is 3. The van der Waals surface area contributed by atoms with Gasteiger partial charge in [-0.2, -0.15) is 0 Å². The van der Waals surface area contributed by atoms with Crippen molar-refractivity contribution >= 4 is 29.1 Å². The van der Waals surface area contributed by atoms with E-state index >= 15 is 0 Å². The molecule has 0 fully saturated rings. The summed E-state index contributed by atoms with van der Waals surface area (Å²) in [6.45, 7) is 10.1. The molecule has 0 unspecified atom stereocenters. The van der Waals surface area contributed by atoms with E-state index in [1.165, 1.54) is 20.9 Å². The minimum atomic E-state index is 1.23. The monoisotopic (exact) mass is 204 g/mol. The highest BCUT2D eigenvalue weighted by Gasteiger charge is 2.04. The maximum absolute atomic E-state index is 3.83. The molecule has 1 heteroatoms. The molecule has 0 spiro atoms. The number of hydrogen-bond acceptors (Lipinski definition) is 1. The minimum absolute atomic E-state index is 1.23. The quantitative estimate of drug-likeness (QED) is 0.660. The minimum Gasteiger partial charge on any atom is -0.136 e. The summed E-state index contributed by atoms with van der Waals surface area (Å²) in [7, 11) is 0. The first-order valence-electron chi connectivity index (χ1n) is 4.75. The molecule has 0 N–H and O–H groups in total. The first-order chi connectivity index (χ1) is 6.72. The van der Waals surface area contributed by atoms with Gasteiger partial charge in [0, 0.05) is 9.75 Å². The molecular formula is C13H16S. The summed E-state index contributed by atoms with van der Waals surface area (Å²) in [6.07, 6.45) is 8.25. The van der Waals surface area contributed by atoms with Gasteiger partial charge in [-0.25, -0.2) is 0 Å². The van der Waals surface area contributed by atoms with E-state index in [-0.39, 0.29) is 0 Å². The van der Waals surface area contributed by atoms with E-state index in [0.29, 0.717) is 0 Å². The van der Waals surface area contributed by atoms with Gasteiger partial charge in [0.25, 0.3) is 0 Å². The fraction of sp³-hybridized carbons (Fsp3) is 0.231. The van der Waals surface area contributed by atoms with Crippen molar-refractivity contribution in [3.05, 3.63) is 40.1 Å². The van der Waals surface area contributed by atoms with E-state index in [9.17, 15) is 0 Å². The van der Waals surface area contributed by atoms with Gasteiger partial charge in [0.1, 0.15) is 0 Å². The van der Waals surface area contributed by atoms with Crippen molar-refractivity contribution in [3.8, 4) is 0 Å². The SMILES string of the molecule is C=Cc1cc(/C(C)=C/C)sc1/C=C\C. The Hall–Kier alpha value is -1.08. The van der Waals surface area contributed by atoms with Crippen LogP contribution in [0.25, 0.3) is 17.7 Å². The zero-order valence-electron chi connectivity index (χ0n) is 9.00. The lowest BCUT2D eigenvalue weighted by Crippen LogP contribution is -1.68. The summed E-state index contributed by atoms with van der Waals surface area (Å²) >= 11 is 1.81. The van der Waals surface area contributed by atoms with Crippen molar-refractivity contribution in [1.82, 2.24) is 0 Å². The van der Waals surface area contributed by atoms with Crippen LogP contribution in [0.15, 0.2) is 24.8 Å². The van der Waals surface area contributed by atoms with Gasteiger partial charge in [-0.15, -0.1) is 11.3 Å². The molecule has 1 aromatic rings. The summed E-state index contributed by atoms with van der Waals surface area (Å²) in [6, 6.07) is 2.20. The summed E-state index contributed by atoms with van der Waals surface area (Å²) in [5, 5.41) is 0. The van der Waals surface area contributed by atoms with Crippen molar-refractivity contribution in [3.63, 3.8) is 0 Å². The molecule has 74 valence electrons. The molecule has 0 bridgehead atoms. The predicted molar refractivity (Wildman–Crippen MR) is 68.4 cm³/mol. The Labute approximate surface area is 90.3 Å². The van der Waals surface area contributed by atoms with E-state index in [2.05, 4.69) is 44.7 Å². The van der Waals surface area contributed by atoms with Crippen LogP contribution in [0.2, 0.25) is 0 Å². The zero-order chi connectivity index (χ0) is 10.6. The summed E-state index contributed by atoms with van der Waals surface area (Å²) in [5.41, 5.74) is 2.55. The van der Waals surface area contributed by atoms with Gasteiger partial charge in [0.2, 0.25) is 0 Å². The second kappa shape index (κ2) is 4.97. The highest BCUT2D eigenvalue weighted by Crippen LogP contribution is 2.29. The molecule has 0 aliphatic heterocycles. The first kappa shape index (κ1) is 11.0. The van der Waals surface area contributed by atoms with Gasteiger partial charge >= 0.3 is 0 Å². The van der Waals surface area contributed by atoms with Crippen molar-refractivity contribution in [2.75, 3.05) is 0 Å². The fourth-order valence-electron chi connectivity index (χ4n) is 1.20. The maximum Gasteiger partial charge on any atom is 0.0345 e. The average molecular weight is 204 g/mol. The molecule has 0 amide bonds. The van der Waals surface area contributed by atoms with Crippen LogP contribution in [0.5, 0.6) is 0 Å². The van der Waals surface area contributed by atoms with Gasteiger partial charge in [-0.3, -0.25) is 0 Å². The van der Waals surface area contributed by atoms with Gasteiger partial charge in [-0.05, 0) is 44.1 Å². The van der Waals surface area contributed by atoms with Crippen LogP contribution in [-0.2, 0) is 0 Å². The third-order valence-electron chi connectivity index (χ3n) is 2.15. The third-order valence-corrected chi connectivity index (χ3v) is 3.40. The Morgan fingerprint density at radius 2 is 2.14 bits per heavy atom. The maximum atomic E-state index is 3.83. The molecule has 0 saturated carbocycles. The second-order valence-electron chi connectivity index (χ2n) is 3.11. The van der Waals surface area contributed by atoms with Crippen LogP contribution in [-0.4, -0.2) is 0 Å². The van der Waals surface area contributed by atoms with Gasteiger partial charge in [-0.1, -0.05) is 24.8 Å². The van der Waals surface area contributed by atoms with Crippen LogP contribution in [0.3, 0.4) is 0 Å². The van der Waals surface area contributed by atoms with Crippen molar-refractivity contribution in [2.24, 2.45) is 0 Å². The summed E-state index contributed by atoms with van der Waals surface area (Å²) < 4.78 is 0. The Morgan fingerprint density at radius 1 is 1.43 bits per heavy atom. The van der Waals surface area contributed by atoms with E-state index in [0.717, 1.165) is 0 Å². The number of hydrogen-bond donors (Lipinski definition) is 0. The van der Waals surface area contributed by atoms with Crippen LogP contribution in [0.4, 0.5) is 0 Å². The van der Waals surface area contributed by atoms with Crippen molar-refractivity contribution in [1.29, 1.82) is 0 Å². The van der Waals surface area contributed by atoms with Gasteiger partial charge < -0.3 is 0 Å². The van der Waals surface area contributed by atoms with E-state index in [4.69, 9.17) is 0 Å². The van der Waals surface area contributed by atoms with E-state index < -0.39 is 0 Å². The molecular weight excluding hydrogens is 188 g/mol. The van der Waals surface area contributed by atoms with Crippen molar-refractivity contribution < 1.29 is 0 Å². The number of thiophene rings is 1. The Balaban J connectivity index is 3.19. The Morgan fingerprint density at radius 3 is 2.64 bits per heavy atom. The molecule has 1 heterocycles. The standard InChI is InChI=1S/C13H16S/c1-5-8-12-11(7-3)9-13(14-12)10(4)6-2/h5-9H,3H2,1-2,4H3/b8-5-,10-6+. The molecule has 14 heavy (non-hydrogen) atoms. The van der Waals surface area contributed by atoms with Crippen LogP contribution in [0, 0.1) is 0 Å². The molecule has 0 aliphatic rings. The first-order valence-corrected chi connectivity index (χ1v) is 5.56. The second-order valence-corrected chi connectivity index (χ2v) is 4.19. The third kappa shape index (κ3) is 2.24. The van der Waals surface area contributed by atoms with Gasteiger partial charge in [0.05, 0.1) is 0 Å². The van der Waals surface area contributed by atoms with Crippen LogP contribution >= 0.6 is 11.3 Å². The molecule has 1 rings (SSSR count). The zero-order valence-corrected chi connectivity index (χ0v) is 9.82. The Kier molecular flexibility index (Phi) is 3.90. The molecule has 0 nitrogen and oxygen atoms in total. The largest absolute Gasteiger partial charge is 0.136 e. The molecule has 0 aliphatic carbocycles. The molecule has 1 aromatic heterocycles. The molecule has 0 radical (unpaired) electrons. The lowest BCUT2D eigenvalue weighted by atomic mass is 10.2. The lowest BCUT2D eigenvalue weighted by molar-refractivity contribution is 1.63. The topological polar surface area (TPSA) is 0 Å². The normalized spacial score (nSPS) is 12.4. The molecule has 0 saturated heterocycles. The Bertz CT molecular complexity index is 378. The predicted octanol–water partition coefficient (Wildman–Crippen LogP) is 4.85. The van der Waals surface area contributed by atoms with Crippen LogP contribution in [0.1, 0.15) is 36.1 Å². The lowest BCUT2D eigenvalue weighted by Gasteiger charge is -1.91. The average Bonchev–Trinajstić information content (AvgIpc) is 2.60. The molecule has 0 atom stereocenters. The van der Waals surface area contributed by atoms with E-state index in [1.807, 2.05) is 24.3 Å².